The van der Waals surface area contributed by atoms with Gasteiger partial charge < -0.3 is 14.5 Å². The maximum Gasteiger partial charge on any atom is 0.373 e. The average molecular weight is 265 g/mol. The fourth-order valence-electron chi connectivity index (χ4n) is 2.71. The number of carbonyl (C=O) groups excluding carboxylic acids is 1. The lowest BCUT2D eigenvalue weighted by molar-refractivity contribution is 0.0563. The second-order valence-corrected chi connectivity index (χ2v) is 5.23. The molecule has 0 radical (unpaired) electrons. The fraction of sp³-hybridized carbons (Fsp3) is 0.667. The summed E-state index contributed by atoms with van der Waals surface area (Å²) >= 11 is 0. The number of carbonyl (C=O) groups is 1. The summed E-state index contributed by atoms with van der Waals surface area (Å²) in [5.74, 6) is 1.58. The molecule has 1 saturated carbocycles. The van der Waals surface area contributed by atoms with E-state index in [0.717, 1.165) is 18.2 Å². The minimum absolute atomic E-state index is 0.269. The Bertz CT molecular complexity index is 394. The largest absolute Gasteiger partial charge is 0.463 e. The molecule has 0 amide bonds. The molecule has 1 heterocycles. The molecule has 0 atom stereocenters. The van der Waals surface area contributed by atoms with Gasteiger partial charge in [-0.25, -0.2) is 4.79 Å². The standard InChI is InChI=1S/C15H23NO3/c1-18-15(17)14-9-8-13(19-14)11-16-10-4-7-12-5-2-3-6-12/h8-9,12,16H,2-7,10-11H2,1H3. The first-order valence-electron chi connectivity index (χ1n) is 7.17. The Morgan fingerprint density at radius 3 is 2.95 bits per heavy atom. The molecule has 0 spiro atoms. The highest BCUT2D eigenvalue weighted by Gasteiger charge is 2.14. The number of esters is 1. The molecule has 1 aromatic heterocycles. The van der Waals surface area contributed by atoms with Crippen LogP contribution in [0.5, 0.6) is 0 Å². The lowest BCUT2D eigenvalue weighted by Gasteiger charge is -2.08. The normalized spacial score (nSPS) is 15.8. The highest BCUT2D eigenvalue weighted by atomic mass is 16.5. The van der Waals surface area contributed by atoms with Crippen LogP contribution in [0.2, 0.25) is 0 Å². The zero-order chi connectivity index (χ0) is 13.5. The molecular weight excluding hydrogens is 242 g/mol. The van der Waals surface area contributed by atoms with E-state index in [2.05, 4.69) is 10.1 Å². The van der Waals surface area contributed by atoms with E-state index in [-0.39, 0.29) is 5.76 Å². The van der Waals surface area contributed by atoms with Crippen molar-refractivity contribution in [3.63, 3.8) is 0 Å². The summed E-state index contributed by atoms with van der Waals surface area (Å²) in [6.45, 7) is 1.67. The number of furan rings is 1. The van der Waals surface area contributed by atoms with Crippen molar-refractivity contribution in [3.8, 4) is 0 Å². The van der Waals surface area contributed by atoms with Crippen LogP contribution in [0.1, 0.15) is 54.8 Å². The van der Waals surface area contributed by atoms with E-state index in [1.165, 1.54) is 45.6 Å². The van der Waals surface area contributed by atoms with Crippen LogP contribution >= 0.6 is 0 Å². The Morgan fingerprint density at radius 2 is 2.21 bits per heavy atom. The van der Waals surface area contributed by atoms with Gasteiger partial charge in [0.25, 0.3) is 0 Å². The minimum atomic E-state index is -0.424. The molecule has 1 fully saturated rings. The summed E-state index contributed by atoms with van der Waals surface area (Å²) < 4.78 is 9.98. The van der Waals surface area contributed by atoms with Crippen molar-refractivity contribution >= 4 is 5.97 Å². The molecule has 4 heteroatoms. The van der Waals surface area contributed by atoms with Gasteiger partial charge in [0.05, 0.1) is 13.7 Å². The van der Waals surface area contributed by atoms with Crippen molar-refractivity contribution < 1.29 is 13.9 Å². The Kier molecular flexibility index (Phi) is 5.45. The lowest BCUT2D eigenvalue weighted by Crippen LogP contribution is -2.15. The van der Waals surface area contributed by atoms with Gasteiger partial charge in [-0.1, -0.05) is 25.7 Å². The van der Waals surface area contributed by atoms with E-state index >= 15 is 0 Å². The van der Waals surface area contributed by atoms with Crippen LogP contribution in [-0.4, -0.2) is 19.6 Å². The Hall–Kier alpha value is -1.29. The van der Waals surface area contributed by atoms with Gasteiger partial charge in [-0.2, -0.15) is 0 Å². The van der Waals surface area contributed by atoms with Gasteiger partial charge in [-0.3, -0.25) is 0 Å². The number of hydrogen-bond donors (Lipinski definition) is 1. The monoisotopic (exact) mass is 265 g/mol. The minimum Gasteiger partial charge on any atom is -0.463 e. The Morgan fingerprint density at radius 1 is 1.42 bits per heavy atom. The van der Waals surface area contributed by atoms with Crippen molar-refractivity contribution in [1.82, 2.24) is 5.32 Å². The summed E-state index contributed by atoms with van der Waals surface area (Å²) in [5.41, 5.74) is 0. The molecule has 1 aliphatic rings. The average Bonchev–Trinajstić information content (AvgIpc) is 3.08. The van der Waals surface area contributed by atoms with Crippen LogP contribution in [0.4, 0.5) is 0 Å². The second-order valence-electron chi connectivity index (χ2n) is 5.23. The number of hydrogen-bond acceptors (Lipinski definition) is 4. The zero-order valence-corrected chi connectivity index (χ0v) is 11.6. The first kappa shape index (κ1) is 14.1. The molecule has 0 saturated heterocycles. The van der Waals surface area contributed by atoms with Gasteiger partial charge in [-0.05, 0) is 37.4 Å². The molecule has 1 aromatic rings. The molecular formula is C15H23NO3. The van der Waals surface area contributed by atoms with Gasteiger partial charge in [-0.15, -0.1) is 0 Å². The molecule has 19 heavy (non-hydrogen) atoms. The molecule has 1 aliphatic carbocycles. The third-order valence-corrected chi connectivity index (χ3v) is 3.79. The van der Waals surface area contributed by atoms with Crippen LogP contribution in [-0.2, 0) is 11.3 Å². The molecule has 0 unspecified atom stereocenters. The van der Waals surface area contributed by atoms with Crippen molar-refractivity contribution in [2.75, 3.05) is 13.7 Å². The molecule has 0 bridgehead atoms. The van der Waals surface area contributed by atoms with Gasteiger partial charge in [0.2, 0.25) is 5.76 Å². The highest BCUT2D eigenvalue weighted by molar-refractivity contribution is 5.86. The predicted octanol–water partition coefficient (Wildman–Crippen LogP) is 3.13. The SMILES string of the molecule is COC(=O)c1ccc(CNCCCC2CCCC2)o1. The van der Waals surface area contributed by atoms with Crippen LogP contribution in [0, 0.1) is 5.92 Å². The van der Waals surface area contributed by atoms with Gasteiger partial charge in [0.15, 0.2) is 0 Å². The Balaban J connectivity index is 1.60. The summed E-state index contributed by atoms with van der Waals surface area (Å²) in [5, 5.41) is 3.35. The van der Waals surface area contributed by atoms with E-state index < -0.39 is 5.97 Å². The van der Waals surface area contributed by atoms with Crippen LogP contribution in [0.25, 0.3) is 0 Å². The van der Waals surface area contributed by atoms with Gasteiger partial charge in [0.1, 0.15) is 5.76 Å². The molecule has 1 N–H and O–H groups in total. The molecule has 2 rings (SSSR count). The fourth-order valence-corrected chi connectivity index (χ4v) is 2.71. The van der Waals surface area contributed by atoms with E-state index in [0.29, 0.717) is 6.54 Å². The lowest BCUT2D eigenvalue weighted by atomic mass is 10.0. The van der Waals surface area contributed by atoms with Crippen LogP contribution < -0.4 is 5.32 Å². The van der Waals surface area contributed by atoms with E-state index in [1.807, 2.05) is 6.07 Å². The Labute approximate surface area is 114 Å². The van der Waals surface area contributed by atoms with Gasteiger partial charge >= 0.3 is 5.97 Å². The third-order valence-electron chi connectivity index (χ3n) is 3.79. The predicted molar refractivity (Wildman–Crippen MR) is 72.9 cm³/mol. The maximum atomic E-state index is 11.2. The van der Waals surface area contributed by atoms with Crippen molar-refractivity contribution in [3.05, 3.63) is 23.7 Å². The quantitative estimate of drug-likeness (QED) is 0.608. The van der Waals surface area contributed by atoms with Crippen LogP contribution in [0.15, 0.2) is 16.5 Å². The molecule has 106 valence electrons. The van der Waals surface area contributed by atoms with Crippen LogP contribution in [0.3, 0.4) is 0 Å². The summed E-state index contributed by atoms with van der Waals surface area (Å²) in [6, 6.07) is 3.47. The molecule has 0 aromatic carbocycles. The number of ether oxygens (including phenoxy) is 1. The second kappa shape index (κ2) is 7.34. The summed E-state index contributed by atoms with van der Waals surface area (Å²) in [4.78, 5) is 11.2. The first-order valence-corrected chi connectivity index (χ1v) is 7.17. The van der Waals surface area contributed by atoms with Gasteiger partial charge in [0, 0.05) is 0 Å². The molecule has 0 aliphatic heterocycles. The van der Waals surface area contributed by atoms with E-state index in [9.17, 15) is 4.79 Å². The van der Waals surface area contributed by atoms with Crippen molar-refractivity contribution in [2.45, 2.75) is 45.1 Å². The number of nitrogens with one attached hydrogen (secondary N) is 1. The number of rotatable bonds is 7. The first-order chi connectivity index (χ1) is 9.29. The number of methoxy groups -OCH3 is 1. The van der Waals surface area contributed by atoms with Crippen molar-refractivity contribution in [1.29, 1.82) is 0 Å². The zero-order valence-electron chi connectivity index (χ0n) is 11.6. The smallest absolute Gasteiger partial charge is 0.373 e. The van der Waals surface area contributed by atoms with E-state index in [4.69, 9.17) is 4.42 Å². The summed E-state index contributed by atoms with van der Waals surface area (Å²) in [6.07, 6.45) is 8.22. The highest BCUT2D eigenvalue weighted by Crippen LogP contribution is 2.28. The topological polar surface area (TPSA) is 51.5 Å². The van der Waals surface area contributed by atoms with Crippen molar-refractivity contribution in [2.24, 2.45) is 5.92 Å². The molecule has 4 nitrogen and oxygen atoms in total. The summed E-state index contributed by atoms with van der Waals surface area (Å²) in [7, 11) is 1.35. The third kappa shape index (κ3) is 4.39. The van der Waals surface area contributed by atoms with E-state index in [1.54, 1.807) is 6.07 Å². The maximum absolute atomic E-state index is 11.2.